The molecule has 148 valence electrons. The van der Waals surface area contributed by atoms with Crippen LogP contribution < -0.4 is 10.1 Å². The SMILES string of the molecule is COc1ccc(CNC(=O)C2CCN(C(=O)Cc3ccc(F)cc3)CC2)cc1. The minimum absolute atomic E-state index is 0.0173. The number of hydrogen-bond acceptors (Lipinski definition) is 3. The maximum Gasteiger partial charge on any atom is 0.226 e. The van der Waals surface area contributed by atoms with Crippen LogP contribution in [0, 0.1) is 11.7 Å². The van der Waals surface area contributed by atoms with E-state index in [2.05, 4.69) is 5.32 Å². The minimum atomic E-state index is -0.308. The zero-order valence-corrected chi connectivity index (χ0v) is 16.0. The van der Waals surface area contributed by atoms with Gasteiger partial charge in [-0.2, -0.15) is 0 Å². The molecule has 6 heteroatoms. The molecule has 0 bridgehead atoms. The van der Waals surface area contributed by atoms with Crippen LogP contribution in [0.3, 0.4) is 0 Å². The summed E-state index contributed by atoms with van der Waals surface area (Å²) in [6.07, 6.45) is 1.57. The van der Waals surface area contributed by atoms with E-state index in [9.17, 15) is 14.0 Å². The van der Waals surface area contributed by atoms with Gasteiger partial charge in [-0.3, -0.25) is 9.59 Å². The Morgan fingerprint density at radius 2 is 1.64 bits per heavy atom. The van der Waals surface area contributed by atoms with Crippen molar-refractivity contribution in [2.45, 2.75) is 25.8 Å². The number of benzene rings is 2. The molecule has 0 unspecified atom stereocenters. The van der Waals surface area contributed by atoms with Gasteiger partial charge < -0.3 is 15.0 Å². The lowest BCUT2D eigenvalue weighted by Gasteiger charge is -2.31. The standard InChI is InChI=1S/C22H25FN2O3/c1-28-20-8-4-17(5-9-20)15-24-22(27)18-10-12-25(13-11-18)21(26)14-16-2-6-19(23)7-3-16/h2-9,18H,10-15H2,1H3,(H,24,27). The monoisotopic (exact) mass is 384 g/mol. The van der Waals surface area contributed by atoms with Gasteiger partial charge in [-0.15, -0.1) is 0 Å². The summed E-state index contributed by atoms with van der Waals surface area (Å²) in [5.41, 5.74) is 1.81. The molecule has 0 atom stereocenters. The number of carbonyl (C=O) groups is 2. The fraction of sp³-hybridized carbons (Fsp3) is 0.364. The smallest absolute Gasteiger partial charge is 0.226 e. The van der Waals surface area contributed by atoms with Crippen LogP contribution in [-0.2, 0) is 22.6 Å². The molecule has 1 fully saturated rings. The summed E-state index contributed by atoms with van der Waals surface area (Å²) >= 11 is 0. The molecule has 5 nitrogen and oxygen atoms in total. The highest BCUT2D eigenvalue weighted by atomic mass is 19.1. The van der Waals surface area contributed by atoms with E-state index < -0.39 is 0 Å². The van der Waals surface area contributed by atoms with Gasteiger partial charge in [-0.05, 0) is 48.2 Å². The molecule has 1 saturated heterocycles. The molecular formula is C22H25FN2O3. The molecule has 3 rings (SSSR count). The highest BCUT2D eigenvalue weighted by molar-refractivity contribution is 5.81. The maximum absolute atomic E-state index is 13.0. The molecule has 2 amide bonds. The Kier molecular flexibility index (Phi) is 6.63. The summed E-state index contributed by atoms with van der Waals surface area (Å²) in [6, 6.07) is 13.6. The molecule has 0 aliphatic carbocycles. The highest BCUT2D eigenvalue weighted by Gasteiger charge is 2.27. The number of ether oxygens (including phenoxy) is 1. The number of nitrogens with one attached hydrogen (secondary N) is 1. The van der Waals surface area contributed by atoms with Gasteiger partial charge in [0.1, 0.15) is 11.6 Å². The number of carbonyl (C=O) groups excluding carboxylic acids is 2. The highest BCUT2D eigenvalue weighted by Crippen LogP contribution is 2.19. The van der Waals surface area contributed by atoms with Gasteiger partial charge in [0.05, 0.1) is 13.5 Å². The van der Waals surface area contributed by atoms with Crippen LogP contribution in [0.4, 0.5) is 4.39 Å². The Morgan fingerprint density at radius 1 is 1.04 bits per heavy atom. The Bertz CT molecular complexity index is 798. The number of piperidine rings is 1. The summed E-state index contributed by atoms with van der Waals surface area (Å²) in [6.45, 7) is 1.62. The van der Waals surface area contributed by atoms with E-state index >= 15 is 0 Å². The summed E-state index contributed by atoms with van der Waals surface area (Å²) in [4.78, 5) is 26.6. The van der Waals surface area contributed by atoms with Crippen molar-refractivity contribution in [2.75, 3.05) is 20.2 Å². The number of amides is 2. The number of rotatable bonds is 6. The van der Waals surface area contributed by atoms with Crippen molar-refractivity contribution in [3.63, 3.8) is 0 Å². The average molecular weight is 384 g/mol. The first-order valence-electron chi connectivity index (χ1n) is 9.48. The number of methoxy groups -OCH3 is 1. The van der Waals surface area contributed by atoms with Crippen molar-refractivity contribution >= 4 is 11.8 Å². The lowest BCUT2D eigenvalue weighted by atomic mass is 9.95. The summed E-state index contributed by atoms with van der Waals surface area (Å²) in [7, 11) is 1.62. The summed E-state index contributed by atoms with van der Waals surface area (Å²) in [5, 5.41) is 2.98. The second kappa shape index (κ2) is 9.35. The van der Waals surface area contributed by atoms with Gasteiger partial charge in [-0.1, -0.05) is 24.3 Å². The lowest BCUT2D eigenvalue weighted by Crippen LogP contribution is -2.43. The molecular weight excluding hydrogens is 359 g/mol. The fourth-order valence-corrected chi connectivity index (χ4v) is 3.36. The number of halogens is 1. The normalized spacial score (nSPS) is 14.6. The molecule has 1 aliphatic heterocycles. The molecule has 2 aromatic rings. The van der Waals surface area contributed by atoms with E-state index in [0.717, 1.165) is 16.9 Å². The molecule has 0 radical (unpaired) electrons. The van der Waals surface area contributed by atoms with Crippen LogP contribution in [0.2, 0.25) is 0 Å². The third-order valence-electron chi connectivity index (χ3n) is 5.11. The van der Waals surface area contributed by atoms with Crippen molar-refractivity contribution in [2.24, 2.45) is 5.92 Å². The van der Waals surface area contributed by atoms with Crippen LogP contribution in [0.5, 0.6) is 5.75 Å². The molecule has 0 saturated carbocycles. The third-order valence-corrected chi connectivity index (χ3v) is 5.11. The zero-order chi connectivity index (χ0) is 19.9. The van der Waals surface area contributed by atoms with E-state index in [1.807, 2.05) is 24.3 Å². The van der Waals surface area contributed by atoms with Gasteiger partial charge in [0, 0.05) is 25.6 Å². The second-order valence-corrected chi connectivity index (χ2v) is 7.02. The van der Waals surface area contributed by atoms with Crippen molar-refractivity contribution < 1.29 is 18.7 Å². The Labute approximate surface area is 164 Å². The molecule has 0 aromatic heterocycles. The van der Waals surface area contributed by atoms with Crippen molar-refractivity contribution in [3.05, 3.63) is 65.5 Å². The molecule has 0 spiro atoms. The van der Waals surface area contributed by atoms with Crippen LogP contribution in [0.1, 0.15) is 24.0 Å². The van der Waals surface area contributed by atoms with Crippen LogP contribution in [0.15, 0.2) is 48.5 Å². The number of nitrogens with zero attached hydrogens (tertiary/aromatic N) is 1. The zero-order valence-electron chi connectivity index (χ0n) is 16.0. The van der Waals surface area contributed by atoms with Gasteiger partial charge in [0.15, 0.2) is 0 Å². The summed E-state index contributed by atoms with van der Waals surface area (Å²) in [5.74, 6) is 0.448. The Morgan fingerprint density at radius 3 is 2.25 bits per heavy atom. The fourth-order valence-electron chi connectivity index (χ4n) is 3.36. The number of hydrogen-bond donors (Lipinski definition) is 1. The van der Waals surface area contributed by atoms with Crippen molar-refractivity contribution in [1.29, 1.82) is 0 Å². The predicted octanol–water partition coefficient (Wildman–Crippen LogP) is 2.93. The molecule has 1 heterocycles. The molecule has 28 heavy (non-hydrogen) atoms. The molecule has 1 N–H and O–H groups in total. The van der Waals surface area contributed by atoms with E-state index in [4.69, 9.17) is 4.74 Å². The molecule has 1 aliphatic rings. The van der Waals surface area contributed by atoms with Gasteiger partial charge in [0.25, 0.3) is 0 Å². The van der Waals surface area contributed by atoms with Crippen molar-refractivity contribution in [1.82, 2.24) is 10.2 Å². The first kappa shape index (κ1) is 19.9. The number of likely N-dealkylation sites (tertiary alicyclic amines) is 1. The maximum atomic E-state index is 13.0. The van der Waals surface area contributed by atoms with Crippen LogP contribution in [0.25, 0.3) is 0 Å². The van der Waals surface area contributed by atoms with Gasteiger partial charge >= 0.3 is 0 Å². The second-order valence-electron chi connectivity index (χ2n) is 7.02. The minimum Gasteiger partial charge on any atom is -0.497 e. The van der Waals surface area contributed by atoms with Crippen LogP contribution in [-0.4, -0.2) is 36.9 Å². The quantitative estimate of drug-likeness (QED) is 0.833. The molecule has 2 aromatic carbocycles. The Hall–Kier alpha value is -2.89. The topological polar surface area (TPSA) is 58.6 Å². The van der Waals surface area contributed by atoms with Gasteiger partial charge in [0.2, 0.25) is 11.8 Å². The predicted molar refractivity (Wildman–Crippen MR) is 104 cm³/mol. The van der Waals surface area contributed by atoms with Crippen molar-refractivity contribution in [3.8, 4) is 5.75 Å². The average Bonchev–Trinajstić information content (AvgIpc) is 2.74. The van der Waals surface area contributed by atoms with Gasteiger partial charge in [-0.25, -0.2) is 4.39 Å². The van der Waals surface area contributed by atoms with E-state index in [1.165, 1.54) is 12.1 Å². The summed E-state index contributed by atoms with van der Waals surface area (Å²) < 4.78 is 18.1. The Balaban J connectivity index is 1.42. The largest absolute Gasteiger partial charge is 0.497 e. The van der Waals surface area contributed by atoms with E-state index in [-0.39, 0.29) is 30.0 Å². The van der Waals surface area contributed by atoms with E-state index in [0.29, 0.717) is 32.5 Å². The van der Waals surface area contributed by atoms with E-state index in [1.54, 1.807) is 24.1 Å². The first-order valence-corrected chi connectivity index (χ1v) is 9.48. The first-order chi connectivity index (χ1) is 13.5. The lowest BCUT2D eigenvalue weighted by molar-refractivity contribution is -0.135. The third kappa shape index (κ3) is 5.31. The van der Waals surface area contributed by atoms with Crippen LogP contribution >= 0.6 is 0 Å².